The molecule has 2 aromatic rings. The molecule has 3 rings (SSSR count). The first-order valence-electron chi connectivity index (χ1n) is 8.80. The summed E-state index contributed by atoms with van der Waals surface area (Å²) < 4.78 is 5.24. The molecule has 0 N–H and O–H groups in total. The Morgan fingerprint density at radius 1 is 1.15 bits per heavy atom. The Morgan fingerprint density at radius 3 is 2.65 bits per heavy atom. The Hall–Kier alpha value is -2.27. The van der Waals surface area contributed by atoms with Crippen molar-refractivity contribution in [2.75, 3.05) is 18.1 Å². The number of amides is 1. The fourth-order valence-corrected chi connectivity index (χ4v) is 4.00. The van der Waals surface area contributed by atoms with Crippen LogP contribution in [0.15, 0.2) is 53.4 Å². The molecule has 1 atom stereocenters. The van der Waals surface area contributed by atoms with E-state index in [4.69, 9.17) is 4.74 Å². The summed E-state index contributed by atoms with van der Waals surface area (Å²) in [5, 5.41) is 0.443. The van der Waals surface area contributed by atoms with Crippen LogP contribution in [0.1, 0.15) is 24.5 Å². The van der Waals surface area contributed by atoms with Crippen LogP contribution in [0.25, 0.3) is 0 Å². The van der Waals surface area contributed by atoms with Gasteiger partial charge in [0, 0.05) is 16.7 Å². The third-order valence-corrected chi connectivity index (χ3v) is 5.61. The standard InChI is InChI=1S/C21H23NO3S/c1-15-7-9-17(10-8-15)13-21(24)25-14-20(23)22-12-11-16(2)26-19-6-4-3-5-18(19)22/h3-10,16H,11-14H2,1-2H3/t16-/m0/s1. The molecule has 0 aromatic heterocycles. The summed E-state index contributed by atoms with van der Waals surface area (Å²) >= 11 is 1.78. The summed E-state index contributed by atoms with van der Waals surface area (Å²) in [6.45, 7) is 4.58. The van der Waals surface area contributed by atoms with E-state index >= 15 is 0 Å². The number of ether oxygens (including phenoxy) is 1. The highest BCUT2D eigenvalue weighted by Crippen LogP contribution is 2.37. The highest BCUT2D eigenvalue weighted by atomic mass is 32.2. The lowest BCUT2D eigenvalue weighted by Gasteiger charge is -2.22. The maximum atomic E-state index is 12.7. The van der Waals surface area contributed by atoms with Crippen LogP contribution in [0.3, 0.4) is 0 Å². The van der Waals surface area contributed by atoms with Crippen LogP contribution in [0.5, 0.6) is 0 Å². The van der Waals surface area contributed by atoms with Crippen LogP contribution in [0.4, 0.5) is 5.69 Å². The molecule has 0 saturated carbocycles. The Bertz CT molecular complexity index is 788. The predicted octanol–water partition coefficient (Wildman–Crippen LogP) is 4.00. The smallest absolute Gasteiger partial charge is 0.310 e. The van der Waals surface area contributed by atoms with Crippen LogP contribution >= 0.6 is 11.8 Å². The summed E-state index contributed by atoms with van der Waals surface area (Å²) in [7, 11) is 0. The number of hydrogen-bond donors (Lipinski definition) is 0. The molecule has 26 heavy (non-hydrogen) atoms. The van der Waals surface area contributed by atoms with Crippen LogP contribution in [-0.2, 0) is 20.7 Å². The molecule has 0 saturated heterocycles. The van der Waals surface area contributed by atoms with Crippen LogP contribution in [-0.4, -0.2) is 30.3 Å². The molecule has 1 aliphatic heterocycles. The van der Waals surface area contributed by atoms with Gasteiger partial charge in [0.2, 0.25) is 0 Å². The number of carbonyl (C=O) groups is 2. The second-order valence-corrected chi connectivity index (χ2v) is 8.03. The number of aryl methyl sites for hydroxylation is 1. The summed E-state index contributed by atoms with van der Waals surface area (Å²) in [4.78, 5) is 27.5. The minimum atomic E-state index is -0.381. The SMILES string of the molecule is Cc1ccc(CC(=O)OCC(=O)N2CC[C@H](C)Sc3ccccc32)cc1. The number of esters is 1. The maximum absolute atomic E-state index is 12.7. The van der Waals surface area contributed by atoms with E-state index in [1.807, 2.05) is 55.5 Å². The van der Waals surface area contributed by atoms with Gasteiger partial charge >= 0.3 is 5.97 Å². The van der Waals surface area contributed by atoms with Gasteiger partial charge < -0.3 is 9.64 Å². The number of hydrogen-bond acceptors (Lipinski definition) is 4. The van der Waals surface area contributed by atoms with Crippen molar-refractivity contribution >= 4 is 29.3 Å². The molecule has 0 bridgehead atoms. The first-order chi connectivity index (χ1) is 12.5. The Labute approximate surface area is 158 Å². The molecule has 1 amide bonds. The monoisotopic (exact) mass is 369 g/mol. The first-order valence-corrected chi connectivity index (χ1v) is 9.68. The van der Waals surface area contributed by atoms with Crippen molar-refractivity contribution in [1.29, 1.82) is 0 Å². The van der Waals surface area contributed by atoms with E-state index < -0.39 is 0 Å². The normalized spacial score (nSPS) is 16.5. The number of rotatable bonds is 4. The zero-order valence-corrected chi connectivity index (χ0v) is 15.9. The van der Waals surface area contributed by atoms with Gasteiger partial charge in [0.25, 0.3) is 5.91 Å². The molecular formula is C21H23NO3S. The fourth-order valence-electron chi connectivity index (χ4n) is 2.89. The summed E-state index contributed by atoms with van der Waals surface area (Å²) in [6, 6.07) is 15.6. The lowest BCUT2D eigenvalue weighted by molar-refractivity contribution is -0.147. The molecule has 4 nitrogen and oxygen atoms in total. The highest BCUT2D eigenvalue weighted by Gasteiger charge is 2.24. The topological polar surface area (TPSA) is 46.6 Å². The molecular weight excluding hydrogens is 346 g/mol. The summed E-state index contributed by atoms with van der Waals surface area (Å²) in [5.74, 6) is -0.558. The van der Waals surface area contributed by atoms with Gasteiger partial charge in [0.05, 0.1) is 12.1 Å². The molecule has 0 unspecified atom stereocenters. The van der Waals surface area contributed by atoms with Gasteiger partial charge in [-0.2, -0.15) is 0 Å². The third-order valence-electron chi connectivity index (χ3n) is 4.37. The van der Waals surface area contributed by atoms with E-state index in [0.29, 0.717) is 11.8 Å². The second-order valence-electron chi connectivity index (χ2n) is 6.55. The number of thioether (sulfide) groups is 1. The van der Waals surface area contributed by atoms with Gasteiger partial charge in [-0.1, -0.05) is 48.9 Å². The van der Waals surface area contributed by atoms with E-state index in [1.165, 1.54) is 0 Å². The number of para-hydroxylation sites is 1. The lowest BCUT2D eigenvalue weighted by Crippen LogP contribution is -2.36. The molecule has 2 aromatic carbocycles. The Kier molecular flexibility index (Phi) is 5.99. The van der Waals surface area contributed by atoms with E-state index in [9.17, 15) is 9.59 Å². The average Bonchev–Trinajstić information content (AvgIpc) is 2.80. The van der Waals surface area contributed by atoms with Crippen LogP contribution in [0, 0.1) is 6.92 Å². The van der Waals surface area contributed by atoms with Gasteiger partial charge in [0.15, 0.2) is 6.61 Å². The quantitative estimate of drug-likeness (QED) is 0.765. The average molecular weight is 369 g/mol. The van der Waals surface area contributed by atoms with E-state index in [2.05, 4.69) is 6.92 Å². The number of carbonyl (C=O) groups excluding carboxylic acids is 2. The maximum Gasteiger partial charge on any atom is 0.310 e. The van der Waals surface area contributed by atoms with Gasteiger partial charge in [-0.25, -0.2) is 0 Å². The highest BCUT2D eigenvalue weighted by molar-refractivity contribution is 8.00. The minimum absolute atomic E-state index is 0.176. The molecule has 0 fully saturated rings. The molecule has 136 valence electrons. The zero-order chi connectivity index (χ0) is 18.5. The largest absolute Gasteiger partial charge is 0.455 e. The van der Waals surface area contributed by atoms with E-state index in [-0.39, 0.29) is 24.9 Å². The number of benzene rings is 2. The number of anilines is 1. The lowest BCUT2D eigenvalue weighted by atomic mass is 10.1. The van der Waals surface area contributed by atoms with Crippen LogP contribution < -0.4 is 4.90 Å². The Balaban J connectivity index is 1.61. The van der Waals surface area contributed by atoms with Crippen molar-refractivity contribution in [3.63, 3.8) is 0 Å². The summed E-state index contributed by atoms with van der Waals surface area (Å²) in [5.41, 5.74) is 2.93. The van der Waals surface area contributed by atoms with Gasteiger partial charge in [-0.3, -0.25) is 9.59 Å². The van der Waals surface area contributed by atoms with E-state index in [1.54, 1.807) is 16.7 Å². The molecule has 0 radical (unpaired) electrons. The molecule has 1 heterocycles. The van der Waals surface area contributed by atoms with Crippen LogP contribution in [0.2, 0.25) is 0 Å². The van der Waals surface area contributed by atoms with Gasteiger partial charge in [0.1, 0.15) is 0 Å². The van der Waals surface area contributed by atoms with Crippen molar-refractivity contribution in [2.45, 2.75) is 36.8 Å². The summed E-state index contributed by atoms with van der Waals surface area (Å²) in [6.07, 6.45) is 1.08. The zero-order valence-electron chi connectivity index (χ0n) is 15.1. The molecule has 0 spiro atoms. The first kappa shape index (κ1) is 18.5. The second kappa shape index (κ2) is 8.41. The van der Waals surface area contributed by atoms with Crippen molar-refractivity contribution in [3.05, 3.63) is 59.7 Å². The van der Waals surface area contributed by atoms with E-state index in [0.717, 1.165) is 28.1 Å². The number of nitrogens with zero attached hydrogens (tertiary/aromatic N) is 1. The fraction of sp³-hybridized carbons (Fsp3) is 0.333. The van der Waals surface area contributed by atoms with Crippen molar-refractivity contribution in [2.24, 2.45) is 0 Å². The van der Waals surface area contributed by atoms with Crippen molar-refractivity contribution in [3.8, 4) is 0 Å². The molecule has 5 heteroatoms. The minimum Gasteiger partial charge on any atom is -0.455 e. The van der Waals surface area contributed by atoms with Crippen molar-refractivity contribution < 1.29 is 14.3 Å². The third kappa shape index (κ3) is 4.67. The Morgan fingerprint density at radius 2 is 1.88 bits per heavy atom. The molecule has 1 aliphatic rings. The van der Waals surface area contributed by atoms with Gasteiger partial charge in [-0.05, 0) is 31.0 Å². The predicted molar refractivity (Wildman–Crippen MR) is 105 cm³/mol. The molecule has 0 aliphatic carbocycles. The van der Waals surface area contributed by atoms with Crippen molar-refractivity contribution in [1.82, 2.24) is 0 Å². The number of fused-ring (bicyclic) bond motifs is 1. The van der Waals surface area contributed by atoms with Gasteiger partial charge in [-0.15, -0.1) is 11.8 Å².